The van der Waals surface area contributed by atoms with Gasteiger partial charge in [0.1, 0.15) is 17.2 Å². The summed E-state index contributed by atoms with van der Waals surface area (Å²) < 4.78 is 10.8. The third-order valence-electron chi connectivity index (χ3n) is 4.62. The number of rotatable bonds is 5. The number of carbonyl (C=O) groups is 1. The third-order valence-corrected chi connectivity index (χ3v) is 4.62. The first kappa shape index (κ1) is 18.7. The molecule has 2 aromatic heterocycles. The molecule has 0 aliphatic heterocycles. The first-order valence-electron chi connectivity index (χ1n) is 9.36. The fraction of sp³-hybridized carbons (Fsp3) is 0.227. The van der Waals surface area contributed by atoms with Crippen LogP contribution in [0, 0.1) is 6.92 Å². The number of hydrogen-bond acceptors (Lipinski definition) is 5. The number of aromatic amines is 1. The summed E-state index contributed by atoms with van der Waals surface area (Å²) in [6.07, 6.45) is 0. The number of fused-ring (bicyclic) bond motifs is 2. The molecule has 1 amide bonds. The second kappa shape index (κ2) is 7.43. The fourth-order valence-corrected chi connectivity index (χ4v) is 3.12. The summed E-state index contributed by atoms with van der Waals surface area (Å²) in [6.45, 7) is 5.81. The Balaban J connectivity index is 1.44. The molecule has 0 aliphatic rings. The van der Waals surface area contributed by atoms with Crippen LogP contribution in [0.1, 0.15) is 31.2 Å². The average Bonchev–Trinajstić information content (AvgIpc) is 3.09. The Labute approximate surface area is 166 Å². The van der Waals surface area contributed by atoms with Crippen molar-refractivity contribution in [3.8, 4) is 5.75 Å². The Hall–Kier alpha value is -3.61. The number of aryl methyl sites for hydroxylation is 1. The summed E-state index contributed by atoms with van der Waals surface area (Å²) in [5.74, 6) is 1.36. The quantitative estimate of drug-likeness (QED) is 0.499. The number of hydrogen-bond donors (Lipinski definition) is 2. The van der Waals surface area contributed by atoms with Gasteiger partial charge in [-0.15, -0.1) is 0 Å². The maximum Gasteiger partial charge on any atom is 0.336 e. The first-order valence-corrected chi connectivity index (χ1v) is 9.36. The molecule has 0 bridgehead atoms. The summed E-state index contributed by atoms with van der Waals surface area (Å²) in [5.41, 5.74) is 3.22. The van der Waals surface area contributed by atoms with E-state index in [1.807, 2.05) is 19.1 Å². The lowest BCUT2D eigenvalue weighted by atomic mass is 10.1. The van der Waals surface area contributed by atoms with E-state index in [1.54, 1.807) is 24.3 Å². The van der Waals surface area contributed by atoms with Gasteiger partial charge in [0, 0.05) is 29.1 Å². The molecule has 0 atom stereocenters. The molecule has 4 rings (SSSR count). The zero-order valence-electron chi connectivity index (χ0n) is 16.4. The van der Waals surface area contributed by atoms with Crippen LogP contribution in [0.2, 0.25) is 0 Å². The van der Waals surface area contributed by atoms with E-state index in [-0.39, 0.29) is 12.5 Å². The summed E-state index contributed by atoms with van der Waals surface area (Å²) in [4.78, 5) is 31.6. The maximum atomic E-state index is 12.3. The predicted octanol–water partition coefficient (Wildman–Crippen LogP) is 4.12. The largest absolute Gasteiger partial charge is 0.484 e. The van der Waals surface area contributed by atoms with Crippen LogP contribution >= 0.6 is 0 Å². The number of benzene rings is 2. The molecular formula is C22H21N3O4. The summed E-state index contributed by atoms with van der Waals surface area (Å²) in [5, 5.41) is 3.64. The monoisotopic (exact) mass is 391 g/mol. The standard InChI is InChI=1S/C22H21N3O4/c1-12(2)22-24-17-7-4-14(9-18(17)25-22)23-20(26)11-28-15-5-6-16-13(3)8-21(27)29-19(16)10-15/h4-10,12H,11H2,1-3H3,(H,23,26)(H,24,25). The highest BCUT2D eigenvalue weighted by molar-refractivity contribution is 5.94. The van der Waals surface area contributed by atoms with Crippen LogP contribution < -0.4 is 15.7 Å². The van der Waals surface area contributed by atoms with E-state index in [2.05, 4.69) is 29.1 Å². The Kier molecular flexibility index (Phi) is 4.80. The number of carbonyl (C=O) groups excluding carboxylic acids is 1. The summed E-state index contributed by atoms with van der Waals surface area (Å²) in [6, 6.07) is 12.1. The van der Waals surface area contributed by atoms with Crippen LogP contribution in [0.5, 0.6) is 5.75 Å². The second-order valence-electron chi connectivity index (χ2n) is 7.25. The van der Waals surface area contributed by atoms with Crippen molar-refractivity contribution >= 4 is 33.6 Å². The Morgan fingerprint density at radius 2 is 2.03 bits per heavy atom. The smallest absolute Gasteiger partial charge is 0.336 e. The zero-order chi connectivity index (χ0) is 20.5. The Bertz CT molecular complexity index is 1270. The molecule has 148 valence electrons. The van der Waals surface area contributed by atoms with E-state index in [0.29, 0.717) is 22.9 Å². The van der Waals surface area contributed by atoms with Gasteiger partial charge < -0.3 is 19.5 Å². The van der Waals surface area contributed by atoms with Gasteiger partial charge in [-0.3, -0.25) is 4.79 Å². The number of anilines is 1. The lowest BCUT2D eigenvalue weighted by molar-refractivity contribution is -0.118. The van der Waals surface area contributed by atoms with Gasteiger partial charge in [-0.25, -0.2) is 9.78 Å². The van der Waals surface area contributed by atoms with Crippen molar-refractivity contribution in [3.05, 3.63) is 64.3 Å². The molecule has 29 heavy (non-hydrogen) atoms. The van der Waals surface area contributed by atoms with Crippen LogP contribution in [-0.2, 0) is 4.79 Å². The number of aromatic nitrogens is 2. The van der Waals surface area contributed by atoms with Crippen molar-refractivity contribution in [1.29, 1.82) is 0 Å². The van der Waals surface area contributed by atoms with Crippen LogP contribution in [0.4, 0.5) is 5.69 Å². The summed E-state index contributed by atoms with van der Waals surface area (Å²) in [7, 11) is 0. The van der Waals surface area contributed by atoms with Gasteiger partial charge in [0.05, 0.1) is 11.0 Å². The Morgan fingerprint density at radius 3 is 2.83 bits per heavy atom. The van der Waals surface area contributed by atoms with Crippen LogP contribution in [0.15, 0.2) is 51.7 Å². The molecule has 0 spiro atoms. The number of nitrogens with one attached hydrogen (secondary N) is 2. The second-order valence-corrected chi connectivity index (χ2v) is 7.25. The number of amides is 1. The van der Waals surface area contributed by atoms with E-state index < -0.39 is 5.63 Å². The predicted molar refractivity (Wildman–Crippen MR) is 112 cm³/mol. The number of ether oxygens (including phenoxy) is 1. The van der Waals surface area contributed by atoms with Crippen LogP contribution in [0.25, 0.3) is 22.0 Å². The zero-order valence-corrected chi connectivity index (χ0v) is 16.4. The van der Waals surface area contributed by atoms with Gasteiger partial charge in [-0.05, 0) is 42.8 Å². The van der Waals surface area contributed by atoms with E-state index in [1.165, 1.54) is 6.07 Å². The molecule has 0 unspecified atom stereocenters. The van der Waals surface area contributed by atoms with E-state index in [4.69, 9.17) is 9.15 Å². The highest BCUT2D eigenvalue weighted by Crippen LogP contribution is 2.23. The van der Waals surface area contributed by atoms with Crippen molar-refractivity contribution in [2.24, 2.45) is 0 Å². The molecule has 0 aliphatic carbocycles. The fourth-order valence-electron chi connectivity index (χ4n) is 3.12. The van der Waals surface area contributed by atoms with Crippen molar-refractivity contribution in [3.63, 3.8) is 0 Å². The minimum Gasteiger partial charge on any atom is -0.484 e. The van der Waals surface area contributed by atoms with Crippen LogP contribution in [0.3, 0.4) is 0 Å². The molecule has 7 heteroatoms. The van der Waals surface area contributed by atoms with Crippen molar-refractivity contribution in [2.45, 2.75) is 26.7 Å². The summed E-state index contributed by atoms with van der Waals surface area (Å²) >= 11 is 0. The van der Waals surface area contributed by atoms with Gasteiger partial charge in [-0.2, -0.15) is 0 Å². The van der Waals surface area contributed by atoms with Gasteiger partial charge in [0.15, 0.2) is 6.61 Å². The molecule has 0 saturated heterocycles. The molecule has 2 heterocycles. The van der Waals surface area contributed by atoms with Crippen molar-refractivity contribution < 1.29 is 13.9 Å². The minimum atomic E-state index is -0.417. The lowest BCUT2D eigenvalue weighted by Crippen LogP contribution is -2.20. The lowest BCUT2D eigenvalue weighted by Gasteiger charge is -2.08. The van der Waals surface area contributed by atoms with E-state index >= 15 is 0 Å². The minimum absolute atomic E-state index is 0.167. The molecule has 2 aromatic carbocycles. The number of H-pyrrole nitrogens is 1. The molecule has 0 saturated carbocycles. The topological polar surface area (TPSA) is 97.2 Å². The highest BCUT2D eigenvalue weighted by Gasteiger charge is 2.10. The van der Waals surface area contributed by atoms with Gasteiger partial charge in [0.25, 0.3) is 5.91 Å². The number of imidazole rings is 1. The first-order chi connectivity index (χ1) is 13.9. The maximum absolute atomic E-state index is 12.3. The molecule has 2 N–H and O–H groups in total. The van der Waals surface area contributed by atoms with Crippen molar-refractivity contribution in [2.75, 3.05) is 11.9 Å². The average molecular weight is 391 g/mol. The van der Waals surface area contributed by atoms with Gasteiger partial charge >= 0.3 is 5.63 Å². The number of nitrogens with zero attached hydrogens (tertiary/aromatic N) is 1. The molecular weight excluding hydrogens is 370 g/mol. The molecule has 7 nitrogen and oxygen atoms in total. The van der Waals surface area contributed by atoms with Gasteiger partial charge in [-0.1, -0.05) is 13.8 Å². The van der Waals surface area contributed by atoms with E-state index in [9.17, 15) is 9.59 Å². The third kappa shape index (κ3) is 3.99. The van der Waals surface area contributed by atoms with Crippen molar-refractivity contribution in [1.82, 2.24) is 9.97 Å². The SMILES string of the molecule is Cc1cc(=O)oc2cc(OCC(=O)Nc3ccc4nc(C(C)C)[nH]c4c3)ccc12. The Morgan fingerprint density at radius 1 is 1.21 bits per heavy atom. The normalized spacial score (nSPS) is 11.3. The molecule has 4 aromatic rings. The highest BCUT2D eigenvalue weighted by atomic mass is 16.5. The van der Waals surface area contributed by atoms with Crippen LogP contribution in [-0.4, -0.2) is 22.5 Å². The molecule has 0 radical (unpaired) electrons. The van der Waals surface area contributed by atoms with Gasteiger partial charge in [0.2, 0.25) is 0 Å². The molecule has 0 fully saturated rings. The van der Waals surface area contributed by atoms with E-state index in [0.717, 1.165) is 27.8 Å².